The lowest BCUT2D eigenvalue weighted by molar-refractivity contribution is -0.106. The Morgan fingerprint density at radius 1 is 1.00 bits per heavy atom. The van der Waals surface area contributed by atoms with Crippen LogP contribution in [0.2, 0.25) is 0 Å². The van der Waals surface area contributed by atoms with Gasteiger partial charge in [0.2, 0.25) is 0 Å². The predicted octanol–water partition coefficient (Wildman–Crippen LogP) is 4.83. The summed E-state index contributed by atoms with van der Waals surface area (Å²) in [5.41, 5.74) is 1.35. The van der Waals surface area contributed by atoms with Gasteiger partial charge in [-0.25, -0.2) is 0 Å². The third kappa shape index (κ3) is 17.2. The molecule has 2 heteroatoms. The standard InChI is InChI=1S/C7H9N.C7H16.C2H4O/c1-2-7-3-5-8-6-4-7;1-3-5-7-6-4-2;1-2-3/h3-6H,2H2,1H3;3-7H2,1-2H3;2H,1H3. The Morgan fingerprint density at radius 2 is 1.44 bits per heavy atom. The molecule has 18 heavy (non-hydrogen) atoms. The quantitative estimate of drug-likeness (QED) is 0.554. The highest BCUT2D eigenvalue weighted by molar-refractivity contribution is 5.44. The Morgan fingerprint density at radius 3 is 1.72 bits per heavy atom. The van der Waals surface area contributed by atoms with Crippen LogP contribution in [-0.4, -0.2) is 11.3 Å². The fraction of sp³-hybridized carbons (Fsp3) is 0.625. The van der Waals surface area contributed by atoms with Gasteiger partial charge in [0.25, 0.3) is 0 Å². The first-order valence-electron chi connectivity index (χ1n) is 7.05. The summed E-state index contributed by atoms with van der Waals surface area (Å²) in [5, 5.41) is 0. The third-order valence-electron chi connectivity index (χ3n) is 2.36. The van der Waals surface area contributed by atoms with Crippen LogP contribution >= 0.6 is 0 Å². The average molecular weight is 251 g/mol. The molecule has 0 N–H and O–H groups in total. The molecule has 0 unspecified atom stereocenters. The maximum absolute atomic E-state index is 8.81. The van der Waals surface area contributed by atoms with Gasteiger partial charge < -0.3 is 4.79 Å². The van der Waals surface area contributed by atoms with E-state index in [1.807, 2.05) is 24.5 Å². The minimum absolute atomic E-state index is 0.750. The highest BCUT2D eigenvalue weighted by atomic mass is 16.1. The number of aldehydes is 1. The maximum atomic E-state index is 8.81. The minimum Gasteiger partial charge on any atom is -0.304 e. The molecule has 0 fully saturated rings. The van der Waals surface area contributed by atoms with Gasteiger partial charge in [-0.1, -0.05) is 52.9 Å². The lowest BCUT2D eigenvalue weighted by Crippen LogP contribution is -1.76. The van der Waals surface area contributed by atoms with Crippen LogP contribution in [0, 0.1) is 0 Å². The highest BCUT2D eigenvalue weighted by Crippen LogP contribution is 2.00. The zero-order chi connectivity index (χ0) is 14.1. The van der Waals surface area contributed by atoms with Crippen LogP contribution in [0.1, 0.15) is 65.4 Å². The summed E-state index contributed by atoms with van der Waals surface area (Å²) in [5.74, 6) is 0. The molecule has 0 spiro atoms. The molecule has 0 saturated carbocycles. The molecular formula is C16H29NO. The van der Waals surface area contributed by atoms with Crippen molar-refractivity contribution in [1.29, 1.82) is 0 Å². The SMILES string of the molecule is CC=O.CCCCCCC.CCc1ccncc1. The molecule has 0 aliphatic rings. The van der Waals surface area contributed by atoms with Crippen molar-refractivity contribution >= 4 is 6.29 Å². The van der Waals surface area contributed by atoms with E-state index < -0.39 is 0 Å². The molecule has 1 aromatic heterocycles. The largest absolute Gasteiger partial charge is 0.304 e. The van der Waals surface area contributed by atoms with Crippen molar-refractivity contribution in [2.75, 3.05) is 0 Å². The molecule has 104 valence electrons. The van der Waals surface area contributed by atoms with Crippen molar-refractivity contribution < 1.29 is 4.79 Å². The summed E-state index contributed by atoms with van der Waals surface area (Å²) in [4.78, 5) is 12.7. The highest BCUT2D eigenvalue weighted by Gasteiger charge is 1.81. The third-order valence-corrected chi connectivity index (χ3v) is 2.36. The fourth-order valence-electron chi connectivity index (χ4n) is 1.30. The first-order chi connectivity index (χ1) is 8.76. The van der Waals surface area contributed by atoms with E-state index in [-0.39, 0.29) is 0 Å². The van der Waals surface area contributed by atoms with E-state index in [1.54, 1.807) is 0 Å². The molecule has 0 saturated heterocycles. The molecule has 0 atom stereocenters. The number of aryl methyl sites for hydroxylation is 1. The molecule has 0 aliphatic heterocycles. The van der Waals surface area contributed by atoms with E-state index in [9.17, 15) is 0 Å². The first-order valence-corrected chi connectivity index (χ1v) is 7.05. The van der Waals surface area contributed by atoms with Gasteiger partial charge in [-0.15, -0.1) is 0 Å². The Labute approximate surface area is 113 Å². The molecule has 1 rings (SSSR count). The smallest absolute Gasteiger partial charge is 0.116 e. The van der Waals surface area contributed by atoms with Gasteiger partial charge >= 0.3 is 0 Å². The summed E-state index contributed by atoms with van der Waals surface area (Å²) in [6, 6.07) is 4.06. The Bertz CT molecular complexity index is 243. The van der Waals surface area contributed by atoms with E-state index in [1.165, 1.54) is 44.6 Å². The molecule has 0 amide bonds. The number of carbonyl (C=O) groups is 1. The Hall–Kier alpha value is -1.18. The summed E-state index contributed by atoms with van der Waals surface area (Å²) in [7, 11) is 0. The predicted molar refractivity (Wildman–Crippen MR) is 79.8 cm³/mol. The number of aromatic nitrogens is 1. The van der Waals surface area contributed by atoms with E-state index in [0.717, 1.165) is 12.7 Å². The number of unbranched alkanes of at least 4 members (excludes halogenated alkanes) is 4. The van der Waals surface area contributed by atoms with E-state index >= 15 is 0 Å². The van der Waals surface area contributed by atoms with Crippen LogP contribution in [-0.2, 0) is 11.2 Å². The van der Waals surface area contributed by atoms with Crippen molar-refractivity contribution in [3.63, 3.8) is 0 Å². The summed E-state index contributed by atoms with van der Waals surface area (Å²) < 4.78 is 0. The number of nitrogens with zero attached hydrogens (tertiary/aromatic N) is 1. The lowest BCUT2D eigenvalue weighted by atomic mass is 10.2. The van der Waals surface area contributed by atoms with E-state index in [4.69, 9.17) is 4.79 Å². The van der Waals surface area contributed by atoms with Crippen LogP contribution in [0.4, 0.5) is 0 Å². The van der Waals surface area contributed by atoms with Crippen molar-refractivity contribution in [2.24, 2.45) is 0 Å². The van der Waals surface area contributed by atoms with Crippen LogP contribution < -0.4 is 0 Å². The van der Waals surface area contributed by atoms with Gasteiger partial charge in [-0.05, 0) is 31.0 Å². The van der Waals surface area contributed by atoms with Crippen LogP contribution in [0.15, 0.2) is 24.5 Å². The second kappa shape index (κ2) is 18.2. The Kier molecular flexibility index (Phi) is 19.4. The fourth-order valence-corrected chi connectivity index (χ4v) is 1.30. The first kappa shape index (κ1) is 19.2. The van der Waals surface area contributed by atoms with Crippen molar-refractivity contribution in [3.8, 4) is 0 Å². The molecule has 2 nitrogen and oxygen atoms in total. The van der Waals surface area contributed by atoms with Crippen LogP contribution in [0.25, 0.3) is 0 Å². The molecule has 0 aromatic carbocycles. The monoisotopic (exact) mass is 251 g/mol. The van der Waals surface area contributed by atoms with Gasteiger partial charge in [0.1, 0.15) is 6.29 Å². The maximum Gasteiger partial charge on any atom is 0.116 e. The van der Waals surface area contributed by atoms with Crippen LogP contribution in [0.5, 0.6) is 0 Å². The second-order valence-electron chi connectivity index (χ2n) is 4.01. The van der Waals surface area contributed by atoms with Gasteiger partial charge in [-0.2, -0.15) is 0 Å². The topological polar surface area (TPSA) is 30.0 Å². The lowest BCUT2D eigenvalue weighted by Gasteiger charge is -1.90. The van der Waals surface area contributed by atoms with Crippen LogP contribution in [0.3, 0.4) is 0 Å². The number of carbonyl (C=O) groups excluding carboxylic acids is 1. The minimum atomic E-state index is 0.750. The molecule has 0 radical (unpaired) electrons. The number of hydrogen-bond acceptors (Lipinski definition) is 2. The van der Waals surface area contributed by atoms with Gasteiger partial charge in [0.15, 0.2) is 0 Å². The number of hydrogen-bond donors (Lipinski definition) is 0. The molecule has 0 aliphatic carbocycles. The van der Waals surface area contributed by atoms with E-state index in [2.05, 4.69) is 25.8 Å². The molecular weight excluding hydrogens is 222 g/mol. The van der Waals surface area contributed by atoms with Crippen molar-refractivity contribution in [3.05, 3.63) is 30.1 Å². The zero-order valence-electron chi connectivity index (χ0n) is 12.5. The summed E-state index contributed by atoms with van der Waals surface area (Å²) in [6.07, 6.45) is 12.5. The second-order valence-corrected chi connectivity index (χ2v) is 4.01. The van der Waals surface area contributed by atoms with E-state index in [0.29, 0.717) is 0 Å². The number of rotatable bonds is 5. The van der Waals surface area contributed by atoms with Gasteiger partial charge in [0, 0.05) is 12.4 Å². The number of pyridine rings is 1. The Balaban J connectivity index is 0. The van der Waals surface area contributed by atoms with Gasteiger partial charge in [-0.3, -0.25) is 4.98 Å². The van der Waals surface area contributed by atoms with Crippen molar-refractivity contribution in [1.82, 2.24) is 4.98 Å². The zero-order valence-corrected chi connectivity index (χ0v) is 12.5. The van der Waals surface area contributed by atoms with Gasteiger partial charge in [0.05, 0.1) is 0 Å². The summed E-state index contributed by atoms with van der Waals surface area (Å²) >= 11 is 0. The summed E-state index contributed by atoms with van der Waals surface area (Å²) in [6.45, 7) is 8.07. The average Bonchev–Trinajstić information content (AvgIpc) is 2.42. The molecule has 1 aromatic rings. The van der Waals surface area contributed by atoms with Crippen molar-refractivity contribution in [2.45, 2.75) is 66.2 Å². The molecule has 0 bridgehead atoms. The molecule has 1 heterocycles. The normalized spacial score (nSPS) is 8.44.